The molecule has 0 saturated carbocycles. The molecule has 1 heterocycles. The lowest BCUT2D eigenvalue weighted by molar-refractivity contribution is 0.395. The standard InChI is InChI=1S/C20H25NS/c1-2-3-14-20(17-10-5-4-6-11-17)15-9-16-22-19-13-8-7-12-18(19)21-20/h4-8,10-13,21H,2-3,9,14-16H2,1H3. The Morgan fingerprint density at radius 1 is 1.05 bits per heavy atom. The quantitative estimate of drug-likeness (QED) is 0.735. The topological polar surface area (TPSA) is 12.0 Å². The van der Waals surface area contributed by atoms with Gasteiger partial charge in [0.05, 0.1) is 5.54 Å². The fourth-order valence-corrected chi connectivity index (χ4v) is 4.31. The Balaban J connectivity index is 2.01. The number of hydrogen-bond acceptors (Lipinski definition) is 2. The van der Waals surface area contributed by atoms with E-state index in [0.717, 1.165) is 0 Å². The molecule has 0 saturated heterocycles. The molecule has 1 N–H and O–H groups in total. The molecule has 0 fully saturated rings. The Labute approximate surface area is 138 Å². The van der Waals surface area contributed by atoms with Crippen molar-refractivity contribution in [3.05, 3.63) is 60.2 Å². The molecular weight excluding hydrogens is 286 g/mol. The zero-order chi connectivity index (χ0) is 15.3. The number of thioether (sulfide) groups is 1. The van der Waals surface area contributed by atoms with E-state index in [4.69, 9.17) is 0 Å². The van der Waals surface area contributed by atoms with Crippen LogP contribution in [0.25, 0.3) is 0 Å². The van der Waals surface area contributed by atoms with Gasteiger partial charge in [0.25, 0.3) is 0 Å². The van der Waals surface area contributed by atoms with Gasteiger partial charge in [-0.05, 0) is 42.7 Å². The maximum atomic E-state index is 3.94. The summed E-state index contributed by atoms with van der Waals surface area (Å²) < 4.78 is 0. The summed E-state index contributed by atoms with van der Waals surface area (Å²) in [4.78, 5) is 1.39. The van der Waals surface area contributed by atoms with Crippen molar-refractivity contribution in [2.45, 2.75) is 49.5 Å². The molecule has 116 valence electrons. The Bertz CT molecular complexity index is 596. The summed E-state index contributed by atoms with van der Waals surface area (Å²) in [5.41, 5.74) is 2.81. The van der Waals surface area contributed by atoms with Crippen LogP contribution in [0.4, 0.5) is 5.69 Å². The second kappa shape index (κ2) is 7.23. The van der Waals surface area contributed by atoms with Gasteiger partial charge in [0.1, 0.15) is 0 Å². The molecule has 0 aliphatic carbocycles. The average molecular weight is 311 g/mol. The normalized spacial score (nSPS) is 21.3. The van der Waals surface area contributed by atoms with Crippen molar-refractivity contribution in [3.8, 4) is 0 Å². The van der Waals surface area contributed by atoms with Gasteiger partial charge in [-0.2, -0.15) is 0 Å². The van der Waals surface area contributed by atoms with E-state index in [1.54, 1.807) is 0 Å². The number of rotatable bonds is 4. The minimum Gasteiger partial charge on any atom is -0.375 e. The molecule has 1 atom stereocenters. The maximum Gasteiger partial charge on any atom is 0.0625 e. The molecule has 22 heavy (non-hydrogen) atoms. The van der Waals surface area contributed by atoms with Crippen LogP contribution in [0.2, 0.25) is 0 Å². The Kier molecular flexibility index (Phi) is 5.09. The third-order valence-corrected chi connectivity index (χ3v) is 5.71. The molecule has 3 rings (SSSR count). The largest absolute Gasteiger partial charge is 0.375 e. The summed E-state index contributed by atoms with van der Waals surface area (Å²) >= 11 is 1.98. The molecule has 2 aromatic rings. The van der Waals surface area contributed by atoms with Gasteiger partial charge in [0.15, 0.2) is 0 Å². The second-order valence-corrected chi connectivity index (χ2v) is 7.26. The Morgan fingerprint density at radius 3 is 2.64 bits per heavy atom. The summed E-state index contributed by atoms with van der Waals surface area (Å²) in [6, 6.07) is 19.8. The molecule has 0 spiro atoms. The highest BCUT2D eigenvalue weighted by Gasteiger charge is 2.32. The molecule has 0 radical (unpaired) electrons. The molecule has 1 aliphatic rings. The first-order chi connectivity index (χ1) is 10.8. The number of benzene rings is 2. The number of anilines is 1. The lowest BCUT2D eigenvalue weighted by Gasteiger charge is -2.39. The summed E-state index contributed by atoms with van der Waals surface area (Å²) in [5.74, 6) is 1.21. The first kappa shape index (κ1) is 15.5. The van der Waals surface area contributed by atoms with Crippen molar-refractivity contribution in [3.63, 3.8) is 0 Å². The molecule has 1 aliphatic heterocycles. The Hall–Kier alpha value is -1.41. The number of fused-ring (bicyclic) bond motifs is 1. The number of nitrogens with one attached hydrogen (secondary N) is 1. The van der Waals surface area contributed by atoms with Crippen LogP contribution in [0, 0.1) is 0 Å². The van der Waals surface area contributed by atoms with Gasteiger partial charge in [-0.1, -0.05) is 62.2 Å². The predicted molar refractivity (Wildman–Crippen MR) is 97.7 cm³/mol. The average Bonchev–Trinajstić information content (AvgIpc) is 2.56. The predicted octanol–water partition coefficient (Wildman–Crippen LogP) is 6.07. The van der Waals surface area contributed by atoms with Crippen molar-refractivity contribution in [2.75, 3.05) is 11.1 Å². The molecule has 1 unspecified atom stereocenters. The van der Waals surface area contributed by atoms with Crippen LogP contribution < -0.4 is 5.32 Å². The van der Waals surface area contributed by atoms with Crippen molar-refractivity contribution in [1.29, 1.82) is 0 Å². The molecule has 1 nitrogen and oxygen atoms in total. The van der Waals surface area contributed by atoms with Gasteiger partial charge >= 0.3 is 0 Å². The van der Waals surface area contributed by atoms with Crippen LogP contribution in [0.15, 0.2) is 59.5 Å². The third-order valence-electron chi connectivity index (χ3n) is 4.55. The second-order valence-electron chi connectivity index (χ2n) is 6.12. The fraction of sp³-hybridized carbons (Fsp3) is 0.400. The smallest absolute Gasteiger partial charge is 0.0625 e. The minimum atomic E-state index is 0.0777. The highest BCUT2D eigenvalue weighted by Crippen LogP contribution is 2.41. The number of hydrogen-bond donors (Lipinski definition) is 1. The monoisotopic (exact) mass is 311 g/mol. The van der Waals surface area contributed by atoms with Crippen molar-refractivity contribution in [2.24, 2.45) is 0 Å². The summed E-state index contributed by atoms with van der Waals surface area (Å²) in [6.07, 6.45) is 6.17. The van der Waals surface area contributed by atoms with E-state index >= 15 is 0 Å². The van der Waals surface area contributed by atoms with Gasteiger partial charge in [-0.3, -0.25) is 0 Å². The minimum absolute atomic E-state index is 0.0777. The SMILES string of the molecule is CCCCC1(c2ccccc2)CCCSc2ccccc2N1. The fourth-order valence-electron chi connectivity index (χ4n) is 3.36. The van der Waals surface area contributed by atoms with Gasteiger partial charge in [-0.25, -0.2) is 0 Å². The summed E-state index contributed by atoms with van der Waals surface area (Å²) in [7, 11) is 0. The van der Waals surface area contributed by atoms with Gasteiger partial charge in [0, 0.05) is 10.6 Å². The Morgan fingerprint density at radius 2 is 1.82 bits per heavy atom. The van der Waals surface area contributed by atoms with E-state index < -0.39 is 0 Å². The van der Waals surface area contributed by atoms with Gasteiger partial charge < -0.3 is 5.32 Å². The van der Waals surface area contributed by atoms with Crippen molar-refractivity contribution in [1.82, 2.24) is 0 Å². The maximum absolute atomic E-state index is 3.94. The van der Waals surface area contributed by atoms with Gasteiger partial charge in [-0.15, -0.1) is 11.8 Å². The molecule has 0 amide bonds. The lowest BCUT2D eigenvalue weighted by atomic mass is 9.80. The van der Waals surface area contributed by atoms with Crippen LogP contribution in [-0.4, -0.2) is 5.75 Å². The first-order valence-corrected chi connectivity index (χ1v) is 9.38. The van der Waals surface area contributed by atoms with E-state index in [9.17, 15) is 0 Å². The van der Waals surface area contributed by atoms with Crippen molar-refractivity contribution >= 4 is 17.4 Å². The van der Waals surface area contributed by atoms with Crippen LogP contribution in [0.3, 0.4) is 0 Å². The van der Waals surface area contributed by atoms with E-state index in [2.05, 4.69) is 66.8 Å². The highest BCUT2D eigenvalue weighted by molar-refractivity contribution is 7.99. The first-order valence-electron chi connectivity index (χ1n) is 8.40. The summed E-state index contributed by atoms with van der Waals surface area (Å²) in [5, 5.41) is 3.94. The number of unbranched alkanes of at least 4 members (excludes halogenated alkanes) is 1. The van der Waals surface area contributed by atoms with Crippen LogP contribution in [-0.2, 0) is 5.54 Å². The van der Waals surface area contributed by atoms with Crippen LogP contribution >= 0.6 is 11.8 Å². The molecule has 2 heteroatoms. The van der Waals surface area contributed by atoms with E-state index in [-0.39, 0.29) is 5.54 Å². The highest BCUT2D eigenvalue weighted by atomic mass is 32.2. The molecular formula is C20H25NS. The third kappa shape index (κ3) is 3.33. The number of para-hydroxylation sites is 1. The molecule has 2 aromatic carbocycles. The zero-order valence-electron chi connectivity index (χ0n) is 13.3. The van der Waals surface area contributed by atoms with Crippen LogP contribution in [0.5, 0.6) is 0 Å². The van der Waals surface area contributed by atoms with E-state index in [1.807, 2.05) is 11.8 Å². The van der Waals surface area contributed by atoms with Crippen molar-refractivity contribution < 1.29 is 0 Å². The molecule has 0 bridgehead atoms. The van der Waals surface area contributed by atoms with Crippen LogP contribution in [0.1, 0.15) is 44.6 Å². The zero-order valence-corrected chi connectivity index (χ0v) is 14.2. The molecule has 0 aromatic heterocycles. The van der Waals surface area contributed by atoms with E-state index in [1.165, 1.54) is 54.0 Å². The summed E-state index contributed by atoms with van der Waals surface area (Å²) in [6.45, 7) is 2.28. The van der Waals surface area contributed by atoms with Gasteiger partial charge in [0.2, 0.25) is 0 Å². The van der Waals surface area contributed by atoms with E-state index in [0.29, 0.717) is 0 Å². The lowest BCUT2D eigenvalue weighted by Crippen LogP contribution is -2.36.